The minimum absolute atomic E-state index is 0.0702. The van der Waals surface area contributed by atoms with E-state index in [1.807, 2.05) is 24.3 Å². The summed E-state index contributed by atoms with van der Waals surface area (Å²) in [7, 11) is 0. The van der Waals surface area contributed by atoms with Crippen LogP contribution < -0.4 is 10.9 Å². The summed E-state index contributed by atoms with van der Waals surface area (Å²) < 4.78 is 2.87. The number of nitro groups is 1. The summed E-state index contributed by atoms with van der Waals surface area (Å²) >= 11 is 2.77. The van der Waals surface area contributed by atoms with Crippen molar-refractivity contribution < 1.29 is 9.72 Å². The fraction of sp³-hybridized carbons (Fsp3) is 0.0400. The second-order valence-electron chi connectivity index (χ2n) is 7.67. The van der Waals surface area contributed by atoms with E-state index in [0.717, 1.165) is 19.2 Å². The number of thiazole rings is 1. The topological polar surface area (TPSA) is 120 Å². The Balaban J connectivity index is 1.61. The van der Waals surface area contributed by atoms with Crippen molar-refractivity contribution in [2.75, 3.05) is 5.32 Å². The number of carbonyl (C=O) groups is 1. The van der Waals surface area contributed by atoms with Gasteiger partial charge in [0.05, 0.1) is 20.8 Å². The van der Waals surface area contributed by atoms with Crippen molar-refractivity contribution in [1.29, 1.82) is 0 Å². The average Bonchev–Trinajstić information content (AvgIpc) is 3.31. The fourth-order valence-corrected chi connectivity index (χ4v) is 5.53. The molecule has 11 heteroatoms. The molecule has 0 aliphatic heterocycles. The molecule has 0 aliphatic carbocycles. The van der Waals surface area contributed by atoms with Gasteiger partial charge in [-0.05, 0) is 55.1 Å². The van der Waals surface area contributed by atoms with Crippen molar-refractivity contribution in [3.05, 3.63) is 110 Å². The molecule has 0 radical (unpaired) electrons. The van der Waals surface area contributed by atoms with Crippen LogP contribution in [0.1, 0.15) is 15.9 Å². The van der Waals surface area contributed by atoms with E-state index in [1.165, 1.54) is 47.4 Å². The van der Waals surface area contributed by atoms with Gasteiger partial charge in [0, 0.05) is 23.3 Å². The van der Waals surface area contributed by atoms with Gasteiger partial charge in [0.15, 0.2) is 4.34 Å². The lowest BCUT2D eigenvalue weighted by molar-refractivity contribution is -0.384. The number of anilines is 1. The Kier molecular flexibility index (Phi) is 6.32. The van der Waals surface area contributed by atoms with Gasteiger partial charge < -0.3 is 5.32 Å². The summed E-state index contributed by atoms with van der Waals surface area (Å²) in [6.07, 6.45) is 0. The monoisotopic (exact) mass is 515 g/mol. The molecule has 0 saturated heterocycles. The largest absolute Gasteiger partial charge is 0.317 e. The normalized spacial score (nSPS) is 10.9. The number of nitrogens with zero attached hydrogens (tertiary/aromatic N) is 4. The molecule has 1 amide bonds. The van der Waals surface area contributed by atoms with Gasteiger partial charge in [0.25, 0.3) is 17.2 Å². The summed E-state index contributed by atoms with van der Waals surface area (Å²) in [6.45, 7) is 1.71. The lowest BCUT2D eigenvalue weighted by Crippen LogP contribution is -2.28. The maximum absolute atomic E-state index is 13.5. The van der Waals surface area contributed by atoms with E-state index in [-0.39, 0.29) is 11.4 Å². The first kappa shape index (κ1) is 23.4. The highest BCUT2D eigenvalue weighted by atomic mass is 32.2. The van der Waals surface area contributed by atoms with Crippen LogP contribution in [-0.2, 0) is 0 Å². The van der Waals surface area contributed by atoms with Gasteiger partial charge in [-0.25, -0.2) is 4.98 Å². The number of fused-ring (bicyclic) bond motifs is 1. The van der Waals surface area contributed by atoms with Crippen LogP contribution in [0.3, 0.4) is 0 Å². The molecule has 0 atom stereocenters. The molecule has 36 heavy (non-hydrogen) atoms. The molecule has 2 aromatic heterocycles. The molecule has 0 saturated carbocycles. The predicted octanol–water partition coefficient (Wildman–Crippen LogP) is 5.46. The molecule has 3 aromatic carbocycles. The van der Waals surface area contributed by atoms with Crippen LogP contribution in [0.4, 0.5) is 11.4 Å². The Morgan fingerprint density at radius 3 is 2.42 bits per heavy atom. The molecule has 2 heterocycles. The van der Waals surface area contributed by atoms with Crippen LogP contribution in [0.5, 0.6) is 0 Å². The number of hydrogen-bond donors (Lipinski definition) is 1. The zero-order chi connectivity index (χ0) is 25.2. The van der Waals surface area contributed by atoms with E-state index >= 15 is 0 Å². The molecule has 5 aromatic rings. The number of benzene rings is 3. The summed E-state index contributed by atoms with van der Waals surface area (Å²) in [5.74, 6) is -0.437. The Bertz CT molecular complexity index is 1630. The number of aromatic nitrogens is 3. The number of non-ortho nitro benzene ring substituents is 1. The van der Waals surface area contributed by atoms with E-state index in [2.05, 4.69) is 15.4 Å². The molecule has 0 fully saturated rings. The molecule has 0 bridgehead atoms. The molecule has 1 N–H and O–H groups in total. The van der Waals surface area contributed by atoms with Crippen LogP contribution in [0.15, 0.2) is 93.0 Å². The number of rotatable bonds is 6. The van der Waals surface area contributed by atoms with E-state index in [9.17, 15) is 19.7 Å². The second kappa shape index (κ2) is 9.72. The third-order valence-corrected chi connectivity index (χ3v) is 7.51. The highest BCUT2D eigenvalue weighted by Gasteiger charge is 2.20. The molecular weight excluding hydrogens is 498 g/mol. The van der Waals surface area contributed by atoms with Crippen LogP contribution in [0.2, 0.25) is 0 Å². The Hall–Kier alpha value is -4.35. The lowest BCUT2D eigenvalue weighted by atomic mass is 10.2. The number of hydrogen-bond acceptors (Lipinski definition) is 8. The molecule has 0 spiro atoms. The molecule has 0 aliphatic rings. The van der Waals surface area contributed by atoms with Gasteiger partial charge >= 0.3 is 0 Å². The van der Waals surface area contributed by atoms with E-state index < -0.39 is 16.4 Å². The number of para-hydroxylation sites is 1. The zero-order valence-corrected chi connectivity index (χ0v) is 20.4. The van der Waals surface area contributed by atoms with Crippen molar-refractivity contribution in [2.45, 2.75) is 16.3 Å². The maximum Gasteiger partial charge on any atom is 0.295 e. The molecular formula is C25H17N5O4S2. The average molecular weight is 516 g/mol. The van der Waals surface area contributed by atoms with Gasteiger partial charge in [-0.15, -0.1) is 11.3 Å². The number of carbonyl (C=O) groups excluding carboxylic acids is 1. The van der Waals surface area contributed by atoms with Crippen LogP contribution in [0.25, 0.3) is 15.9 Å². The molecule has 9 nitrogen and oxygen atoms in total. The van der Waals surface area contributed by atoms with Crippen molar-refractivity contribution in [3.63, 3.8) is 0 Å². The summed E-state index contributed by atoms with van der Waals surface area (Å²) in [5.41, 5.74) is 1.47. The first-order chi connectivity index (χ1) is 17.4. The van der Waals surface area contributed by atoms with Crippen LogP contribution in [0, 0.1) is 17.0 Å². The van der Waals surface area contributed by atoms with Gasteiger partial charge in [-0.2, -0.15) is 9.78 Å². The first-order valence-electron chi connectivity index (χ1n) is 10.7. The second-order valence-corrected chi connectivity index (χ2v) is 9.93. The predicted molar refractivity (Wildman–Crippen MR) is 139 cm³/mol. The first-order valence-corrected chi connectivity index (χ1v) is 12.3. The fourth-order valence-electron chi connectivity index (χ4n) is 3.47. The maximum atomic E-state index is 13.5. The minimum Gasteiger partial charge on any atom is -0.317 e. The zero-order valence-electron chi connectivity index (χ0n) is 18.7. The van der Waals surface area contributed by atoms with E-state index in [0.29, 0.717) is 21.8 Å². The van der Waals surface area contributed by atoms with Crippen LogP contribution >= 0.6 is 23.1 Å². The molecule has 0 unspecified atom stereocenters. The number of nitro benzene ring substituents is 1. The lowest BCUT2D eigenvalue weighted by Gasteiger charge is -2.14. The van der Waals surface area contributed by atoms with Crippen molar-refractivity contribution in [1.82, 2.24) is 14.8 Å². The quantitative estimate of drug-likeness (QED) is 0.235. The standard InChI is InChI=1S/C25H17N5O4S2/c1-15-21(27-22(31)16-7-3-2-4-8-16)24(32)29(17-11-13-18(14-12-17)30(33)34)28-23(15)36-25-26-19-9-5-6-10-20(19)35-25/h2-14H,1H3,(H,27,31). The Morgan fingerprint density at radius 2 is 1.72 bits per heavy atom. The highest BCUT2D eigenvalue weighted by Crippen LogP contribution is 2.36. The van der Waals surface area contributed by atoms with Crippen molar-refractivity contribution >= 4 is 50.6 Å². The summed E-state index contributed by atoms with van der Waals surface area (Å²) in [4.78, 5) is 41.5. The van der Waals surface area contributed by atoms with Gasteiger partial charge in [0.2, 0.25) is 0 Å². The van der Waals surface area contributed by atoms with Crippen LogP contribution in [-0.4, -0.2) is 25.6 Å². The number of nitrogens with one attached hydrogen (secondary N) is 1. The van der Waals surface area contributed by atoms with Gasteiger partial charge in [-0.1, -0.05) is 30.3 Å². The number of amides is 1. The Labute approximate surface area is 212 Å². The van der Waals surface area contributed by atoms with Crippen molar-refractivity contribution in [3.8, 4) is 5.69 Å². The third kappa shape index (κ3) is 4.61. The Morgan fingerprint density at radius 1 is 1.03 bits per heavy atom. The summed E-state index contributed by atoms with van der Waals surface area (Å²) in [5, 5.41) is 18.8. The van der Waals surface area contributed by atoms with E-state index in [1.54, 1.807) is 37.3 Å². The van der Waals surface area contributed by atoms with Gasteiger partial charge in [-0.3, -0.25) is 19.7 Å². The van der Waals surface area contributed by atoms with Gasteiger partial charge in [0.1, 0.15) is 10.7 Å². The third-order valence-electron chi connectivity index (χ3n) is 5.33. The molecule has 5 rings (SSSR count). The minimum atomic E-state index is -0.556. The molecule has 178 valence electrons. The summed E-state index contributed by atoms with van der Waals surface area (Å²) in [6, 6.07) is 21.8. The highest BCUT2D eigenvalue weighted by molar-refractivity contribution is 8.01. The SMILES string of the molecule is Cc1c(Sc2nc3ccccc3s2)nn(-c2ccc([N+](=O)[O-])cc2)c(=O)c1NC(=O)c1ccccc1. The van der Waals surface area contributed by atoms with Crippen molar-refractivity contribution in [2.24, 2.45) is 0 Å². The smallest absolute Gasteiger partial charge is 0.295 e. The van der Waals surface area contributed by atoms with E-state index in [4.69, 9.17) is 0 Å².